The van der Waals surface area contributed by atoms with Crippen LogP contribution in [0.2, 0.25) is 0 Å². The minimum Gasteiger partial charge on any atom is -0.478 e. The first kappa shape index (κ1) is 20.2. The highest BCUT2D eigenvalue weighted by molar-refractivity contribution is 6.02. The number of amides is 1. The predicted molar refractivity (Wildman–Crippen MR) is 98.9 cm³/mol. The van der Waals surface area contributed by atoms with Crippen molar-refractivity contribution >= 4 is 17.6 Å². The van der Waals surface area contributed by atoms with Crippen LogP contribution in [-0.4, -0.2) is 24.0 Å². The number of aromatic carboxylic acids is 1. The third kappa shape index (κ3) is 5.08. The lowest BCUT2D eigenvalue weighted by atomic mass is 9.87. The van der Waals surface area contributed by atoms with E-state index < -0.39 is 5.97 Å². The van der Waals surface area contributed by atoms with Crippen LogP contribution in [0, 0.1) is 0 Å². The quantitative estimate of drug-likeness (QED) is 0.597. The fourth-order valence-corrected chi connectivity index (χ4v) is 3.20. The summed E-state index contributed by atoms with van der Waals surface area (Å²) < 4.78 is 0. The summed E-state index contributed by atoms with van der Waals surface area (Å²) in [6.07, 6.45) is 7.09. The van der Waals surface area contributed by atoms with Gasteiger partial charge in [-0.15, -0.1) is 0 Å². The Kier molecular flexibility index (Phi) is 8.51. The van der Waals surface area contributed by atoms with Crippen molar-refractivity contribution in [1.82, 2.24) is 0 Å². The number of carboxylic acids is 1. The molecule has 0 aliphatic heterocycles. The van der Waals surface area contributed by atoms with Crippen LogP contribution in [0.3, 0.4) is 0 Å². The van der Waals surface area contributed by atoms with Crippen LogP contribution < -0.4 is 4.90 Å². The normalized spacial score (nSPS) is 12.0. The first-order valence-electron chi connectivity index (χ1n) is 9.10. The molecule has 1 atom stereocenters. The predicted octanol–water partition coefficient (Wildman–Crippen LogP) is 5.22. The summed E-state index contributed by atoms with van der Waals surface area (Å²) in [6.45, 7) is 6.12. The number of carbonyl (C=O) groups excluding carboxylic acids is 1. The second-order valence-corrected chi connectivity index (χ2v) is 6.31. The molecule has 0 aromatic heterocycles. The molecule has 0 saturated carbocycles. The highest BCUT2D eigenvalue weighted by Crippen LogP contribution is 2.36. The first-order valence-corrected chi connectivity index (χ1v) is 9.10. The van der Waals surface area contributed by atoms with E-state index in [9.17, 15) is 14.7 Å². The van der Waals surface area contributed by atoms with Gasteiger partial charge in [-0.05, 0) is 30.4 Å². The summed E-state index contributed by atoms with van der Waals surface area (Å²) in [5.41, 5.74) is 1.76. The van der Waals surface area contributed by atoms with Crippen LogP contribution in [0.5, 0.6) is 0 Å². The van der Waals surface area contributed by atoms with Gasteiger partial charge in [-0.25, -0.2) is 4.79 Å². The summed E-state index contributed by atoms with van der Waals surface area (Å²) in [6, 6.07) is 5.36. The highest BCUT2D eigenvalue weighted by Gasteiger charge is 2.24. The van der Waals surface area contributed by atoms with E-state index in [1.54, 1.807) is 26.1 Å². The number of carbonyl (C=O) groups is 2. The van der Waals surface area contributed by atoms with Gasteiger partial charge >= 0.3 is 5.97 Å². The lowest BCUT2D eigenvalue weighted by Crippen LogP contribution is -2.28. The van der Waals surface area contributed by atoms with Crippen LogP contribution >= 0.6 is 0 Å². The number of carboxylic acid groups (broad SMARTS) is 1. The van der Waals surface area contributed by atoms with Crippen molar-refractivity contribution in [2.75, 3.05) is 11.9 Å². The number of hydrogen-bond acceptors (Lipinski definition) is 2. The third-order valence-corrected chi connectivity index (χ3v) is 4.65. The summed E-state index contributed by atoms with van der Waals surface area (Å²) >= 11 is 0. The summed E-state index contributed by atoms with van der Waals surface area (Å²) in [7, 11) is 1.68. The van der Waals surface area contributed by atoms with Gasteiger partial charge in [0.15, 0.2) is 0 Å². The van der Waals surface area contributed by atoms with E-state index in [1.165, 1.54) is 24.2 Å². The SMILES string of the molecule is CCCCCCC(CC)c1cccc(C(=O)O)c1N(C)C(=O)CC. The molecule has 4 nitrogen and oxygen atoms in total. The van der Waals surface area contributed by atoms with Crippen molar-refractivity contribution in [3.63, 3.8) is 0 Å². The molecule has 4 heteroatoms. The number of hydrogen-bond donors (Lipinski definition) is 1. The van der Waals surface area contributed by atoms with E-state index in [1.807, 2.05) is 6.07 Å². The molecule has 1 N–H and O–H groups in total. The molecule has 24 heavy (non-hydrogen) atoms. The Hall–Kier alpha value is -1.84. The summed E-state index contributed by atoms with van der Waals surface area (Å²) in [5, 5.41) is 9.56. The number of nitrogens with zero attached hydrogens (tertiary/aromatic N) is 1. The van der Waals surface area contributed by atoms with Gasteiger partial charge in [0.25, 0.3) is 0 Å². The van der Waals surface area contributed by atoms with Gasteiger partial charge in [-0.2, -0.15) is 0 Å². The zero-order valence-corrected chi connectivity index (χ0v) is 15.5. The molecule has 0 heterocycles. The Balaban J connectivity index is 3.21. The average Bonchev–Trinajstić information content (AvgIpc) is 2.59. The summed E-state index contributed by atoms with van der Waals surface area (Å²) in [5.74, 6) is -0.766. The topological polar surface area (TPSA) is 57.6 Å². The number of anilines is 1. The van der Waals surface area contributed by atoms with E-state index in [2.05, 4.69) is 13.8 Å². The van der Waals surface area contributed by atoms with Crippen molar-refractivity contribution < 1.29 is 14.7 Å². The Bertz CT molecular complexity index is 554. The van der Waals surface area contributed by atoms with Gasteiger partial charge in [0, 0.05) is 13.5 Å². The molecular formula is C20H31NO3. The van der Waals surface area contributed by atoms with Crippen LogP contribution in [0.15, 0.2) is 18.2 Å². The van der Waals surface area contributed by atoms with Crippen molar-refractivity contribution in [2.45, 2.75) is 71.6 Å². The molecule has 0 fully saturated rings. The molecule has 1 rings (SSSR count). The lowest BCUT2D eigenvalue weighted by Gasteiger charge is -2.26. The summed E-state index contributed by atoms with van der Waals surface area (Å²) in [4.78, 5) is 25.4. The van der Waals surface area contributed by atoms with E-state index >= 15 is 0 Å². The molecule has 1 aromatic rings. The monoisotopic (exact) mass is 333 g/mol. The third-order valence-electron chi connectivity index (χ3n) is 4.65. The van der Waals surface area contributed by atoms with Crippen LogP contribution in [0.25, 0.3) is 0 Å². The number of unbranched alkanes of at least 4 members (excludes halogenated alkanes) is 3. The largest absolute Gasteiger partial charge is 0.478 e. The van der Waals surface area contributed by atoms with Gasteiger partial charge in [0.2, 0.25) is 5.91 Å². The maximum atomic E-state index is 12.2. The molecule has 0 aliphatic rings. The highest BCUT2D eigenvalue weighted by atomic mass is 16.4. The van der Waals surface area contributed by atoms with E-state index in [0.29, 0.717) is 12.1 Å². The fraction of sp³-hybridized carbons (Fsp3) is 0.600. The molecule has 1 amide bonds. The van der Waals surface area contributed by atoms with Crippen molar-refractivity contribution in [3.05, 3.63) is 29.3 Å². The lowest BCUT2D eigenvalue weighted by molar-refractivity contribution is -0.118. The molecule has 0 bridgehead atoms. The second-order valence-electron chi connectivity index (χ2n) is 6.31. The molecular weight excluding hydrogens is 302 g/mol. The minimum atomic E-state index is -0.983. The Morgan fingerprint density at radius 2 is 1.83 bits per heavy atom. The molecule has 1 aromatic carbocycles. The number of rotatable bonds is 10. The molecule has 0 spiro atoms. The molecule has 0 saturated heterocycles. The number of para-hydroxylation sites is 1. The van der Waals surface area contributed by atoms with Crippen LogP contribution in [0.1, 0.15) is 87.6 Å². The van der Waals surface area contributed by atoms with Gasteiger partial charge in [0.05, 0.1) is 11.3 Å². The van der Waals surface area contributed by atoms with Crippen molar-refractivity contribution in [2.24, 2.45) is 0 Å². The molecule has 1 unspecified atom stereocenters. The smallest absolute Gasteiger partial charge is 0.337 e. The maximum Gasteiger partial charge on any atom is 0.337 e. The Morgan fingerprint density at radius 1 is 1.12 bits per heavy atom. The standard InChI is InChI=1S/C20H31NO3/c1-5-8-9-10-12-15(6-2)16-13-11-14-17(20(23)24)19(16)21(4)18(22)7-3/h11,13-15H,5-10,12H2,1-4H3,(H,23,24). The molecule has 134 valence electrons. The van der Waals surface area contributed by atoms with Crippen LogP contribution in [0.4, 0.5) is 5.69 Å². The maximum absolute atomic E-state index is 12.2. The number of benzene rings is 1. The fourth-order valence-electron chi connectivity index (χ4n) is 3.20. The van der Waals surface area contributed by atoms with Crippen LogP contribution in [-0.2, 0) is 4.79 Å². The van der Waals surface area contributed by atoms with E-state index in [0.717, 1.165) is 24.8 Å². The molecule has 0 radical (unpaired) electrons. The van der Waals surface area contributed by atoms with Gasteiger partial charge in [-0.1, -0.05) is 58.6 Å². The second kappa shape index (κ2) is 10.1. The average molecular weight is 333 g/mol. The molecule has 0 aliphatic carbocycles. The van der Waals surface area contributed by atoms with Crippen molar-refractivity contribution in [1.29, 1.82) is 0 Å². The van der Waals surface area contributed by atoms with E-state index in [4.69, 9.17) is 0 Å². The van der Waals surface area contributed by atoms with Gasteiger partial charge < -0.3 is 10.0 Å². The zero-order chi connectivity index (χ0) is 18.1. The zero-order valence-electron chi connectivity index (χ0n) is 15.5. The van der Waals surface area contributed by atoms with Crippen molar-refractivity contribution in [3.8, 4) is 0 Å². The van der Waals surface area contributed by atoms with E-state index in [-0.39, 0.29) is 17.4 Å². The van der Waals surface area contributed by atoms with Gasteiger partial charge in [0.1, 0.15) is 0 Å². The van der Waals surface area contributed by atoms with Gasteiger partial charge in [-0.3, -0.25) is 4.79 Å². The minimum absolute atomic E-state index is 0.0641. The first-order chi connectivity index (χ1) is 11.5. The Morgan fingerprint density at radius 3 is 2.38 bits per heavy atom. The Labute approximate surface area is 145 Å².